The molecule has 15 heteroatoms. The van der Waals surface area contributed by atoms with Gasteiger partial charge in [-0.1, -0.05) is 62.7 Å². The average molecular weight is 1370 g/mol. The number of hydrogen-bond donors (Lipinski definition) is 3. The Kier molecular flexibility index (Phi) is 36.6. The van der Waals surface area contributed by atoms with E-state index < -0.39 is 18.3 Å². The van der Waals surface area contributed by atoms with Crippen molar-refractivity contribution in [2.24, 2.45) is 0 Å². The van der Waals surface area contributed by atoms with Crippen molar-refractivity contribution >= 4 is 154 Å². The Hall–Kier alpha value is -0.350. The third-order valence-electron chi connectivity index (χ3n) is 8.07. The van der Waals surface area contributed by atoms with Crippen LogP contribution in [0.3, 0.4) is 0 Å². The summed E-state index contributed by atoms with van der Waals surface area (Å²) in [6, 6.07) is 12.6. The number of aliphatic hydroxyl groups excluding tert-OH is 3. The minimum atomic E-state index is -0.889. The van der Waals surface area contributed by atoms with E-state index in [0.29, 0.717) is 76.4 Å². The highest BCUT2D eigenvalue weighted by atomic mass is 127. The van der Waals surface area contributed by atoms with Crippen molar-refractivity contribution in [1.82, 2.24) is 0 Å². The lowest BCUT2D eigenvalue weighted by Crippen LogP contribution is -2.08. The maximum absolute atomic E-state index is 11.7. The lowest BCUT2D eigenvalue weighted by atomic mass is 10.1. The van der Waals surface area contributed by atoms with Gasteiger partial charge in [-0.25, -0.2) is 0 Å². The Balaban J connectivity index is 0.000000887. The van der Waals surface area contributed by atoms with E-state index in [0.717, 1.165) is 26.3 Å². The minimum absolute atomic E-state index is 0.0215. The first-order valence-corrected chi connectivity index (χ1v) is 25.4. The largest absolute Gasteiger partial charge is 0.466 e. The standard InChI is InChI=1S/C16H22Cl2I2O2.C16H18ClIO2.C14H16ClIO3/c1-11(19)9-13(17)3-5-15(21)7-8-16(22)6-4-14(18)10-12(2)20;1-12(18)11-14(17)7-8-15(19)9-10-16(20)13-5-3-2-4-6-13;1-10(16)9-11(15)4-5-12(17)6-7-13(18)14-3-2-8-19-14/h7-8,13-15,21H,1-6,9-10H2;2-6,9-10,14,16,20H,1,7-8,11H2;2-3,6-8,11,13,18H,1,4-5,9H2/b8-7+;10-9+;7-6+/t13-,14+,15?;14-,16?;11-,13?/m011/s1. The van der Waals surface area contributed by atoms with Crippen LogP contribution in [0.4, 0.5) is 0 Å². The second-order valence-corrected chi connectivity index (χ2v) is 22.4. The van der Waals surface area contributed by atoms with Gasteiger partial charge in [0, 0.05) is 40.8 Å². The molecular weight excluding hydrogens is 1310 g/mol. The Morgan fingerprint density at radius 3 is 1.30 bits per heavy atom. The van der Waals surface area contributed by atoms with Gasteiger partial charge in [-0.2, -0.15) is 0 Å². The number of aliphatic hydroxyl groups is 3. The van der Waals surface area contributed by atoms with Gasteiger partial charge in [0.05, 0.1) is 18.5 Å². The van der Waals surface area contributed by atoms with Gasteiger partial charge in [0.15, 0.2) is 17.3 Å². The molecule has 7 atom stereocenters. The number of allylic oxidation sites excluding steroid dienone is 7. The molecule has 0 amide bonds. The number of halogens is 8. The van der Waals surface area contributed by atoms with Crippen molar-refractivity contribution in [3.05, 3.63) is 137 Å². The van der Waals surface area contributed by atoms with Crippen molar-refractivity contribution in [2.45, 2.75) is 117 Å². The number of alkyl halides is 4. The fourth-order valence-corrected chi connectivity index (χ4v) is 9.26. The zero-order chi connectivity index (χ0) is 46.3. The van der Waals surface area contributed by atoms with E-state index in [-0.39, 0.29) is 38.9 Å². The molecule has 0 saturated carbocycles. The molecule has 338 valence electrons. The molecule has 1 heterocycles. The van der Waals surface area contributed by atoms with Crippen LogP contribution in [0.5, 0.6) is 0 Å². The number of ketones is 3. The summed E-state index contributed by atoms with van der Waals surface area (Å²) in [7, 11) is 0. The Morgan fingerprint density at radius 2 is 0.918 bits per heavy atom. The summed E-state index contributed by atoms with van der Waals surface area (Å²) in [5, 5.41) is 29.2. The normalized spacial score (nSPS) is 14.7. The van der Waals surface area contributed by atoms with Crippen molar-refractivity contribution in [3.8, 4) is 0 Å². The SMILES string of the molecule is C=C(I)C[C@H](Cl)CCC(=O)/C=C/C(O)CC[C@H](Cl)CC(=C)I.C=C(I)C[C@H](Cl)CCC(=O)/C=C/C(O)c1ccccc1.C=C(I)C[C@H](Cl)CCC(=O)/C=C/C(O)c1ccco1. The molecule has 0 bridgehead atoms. The van der Waals surface area contributed by atoms with E-state index in [1.165, 1.54) is 42.7 Å². The van der Waals surface area contributed by atoms with E-state index >= 15 is 0 Å². The smallest absolute Gasteiger partial charge is 0.155 e. The van der Waals surface area contributed by atoms with Crippen LogP contribution in [-0.4, -0.2) is 60.3 Å². The van der Waals surface area contributed by atoms with Crippen molar-refractivity contribution in [2.75, 3.05) is 0 Å². The molecule has 0 aliphatic heterocycles. The third-order valence-corrected chi connectivity index (χ3v) is 11.3. The van der Waals surface area contributed by atoms with Gasteiger partial charge >= 0.3 is 0 Å². The van der Waals surface area contributed by atoms with Crippen molar-refractivity contribution in [3.63, 3.8) is 0 Å². The fourth-order valence-electron chi connectivity index (χ4n) is 4.90. The molecule has 61 heavy (non-hydrogen) atoms. The van der Waals surface area contributed by atoms with Gasteiger partial charge in [0.1, 0.15) is 11.9 Å². The second-order valence-electron chi connectivity index (χ2n) is 13.8. The summed E-state index contributed by atoms with van der Waals surface area (Å²) < 4.78 is 8.99. The maximum Gasteiger partial charge on any atom is 0.155 e. The molecule has 0 aliphatic rings. The zero-order valence-corrected chi connectivity index (χ0v) is 45.6. The van der Waals surface area contributed by atoms with Gasteiger partial charge in [-0.3, -0.25) is 14.4 Å². The first-order chi connectivity index (χ1) is 28.7. The highest BCUT2D eigenvalue weighted by Gasteiger charge is 2.13. The van der Waals surface area contributed by atoms with Gasteiger partial charge in [0.25, 0.3) is 0 Å². The Morgan fingerprint density at radius 1 is 0.541 bits per heavy atom. The molecule has 2 aromatic rings. The molecular formula is C46H56Cl4I4O7. The van der Waals surface area contributed by atoms with Crippen LogP contribution < -0.4 is 0 Å². The highest BCUT2D eigenvalue weighted by molar-refractivity contribution is 14.1. The fraction of sp³-hybridized carbons (Fsp3) is 0.413. The molecule has 1 aromatic heterocycles. The minimum Gasteiger partial charge on any atom is -0.466 e. The summed E-state index contributed by atoms with van der Waals surface area (Å²) in [6.45, 7) is 15.1. The third kappa shape index (κ3) is 36.5. The molecule has 7 nitrogen and oxygen atoms in total. The summed E-state index contributed by atoms with van der Waals surface area (Å²) in [5.41, 5.74) is 0.771. The summed E-state index contributed by atoms with van der Waals surface area (Å²) in [5.74, 6) is 0.312. The Labute approximate surface area is 437 Å². The molecule has 0 fully saturated rings. The molecule has 0 saturated heterocycles. The second kappa shape index (κ2) is 36.8. The summed E-state index contributed by atoms with van der Waals surface area (Å²) >= 11 is 32.9. The van der Waals surface area contributed by atoms with E-state index in [2.05, 4.69) is 117 Å². The number of carbonyl (C=O) groups is 3. The monoisotopic (exact) mass is 1370 g/mol. The van der Waals surface area contributed by atoms with E-state index in [1.54, 1.807) is 12.1 Å². The number of rotatable bonds is 28. The predicted octanol–water partition coefficient (Wildman–Crippen LogP) is 14.7. The van der Waals surface area contributed by atoms with Crippen molar-refractivity contribution < 1.29 is 34.1 Å². The Bertz CT molecular complexity index is 1720. The molecule has 0 aliphatic carbocycles. The van der Waals surface area contributed by atoms with Gasteiger partial charge < -0.3 is 19.7 Å². The lowest BCUT2D eigenvalue weighted by molar-refractivity contribution is -0.115. The van der Waals surface area contributed by atoms with Crippen LogP contribution in [-0.2, 0) is 14.4 Å². The highest BCUT2D eigenvalue weighted by Crippen LogP contribution is 2.23. The zero-order valence-electron chi connectivity index (χ0n) is 33.9. The topological polar surface area (TPSA) is 125 Å². The maximum atomic E-state index is 11.7. The molecule has 3 N–H and O–H groups in total. The van der Waals surface area contributed by atoms with E-state index in [9.17, 15) is 29.7 Å². The van der Waals surface area contributed by atoms with E-state index in [4.69, 9.17) is 50.8 Å². The number of benzene rings is 1. The first-order valence-electron chi connectivity index (χ1n) is 19.3. The van der Waals surface area contributed by atoms with Crippen molar-refractivity contribution in [1.29, 1.82) is 0 Å². The van der Waals surface area contributed by atoms with Crippen LogP contribution >= 0.6 is 137 Å². The predicted molar refractivity (Wildman–Crippen MR) is 290 cm³/mol. The lowest BCUT2D eigenvalue weighted by Gasteiger charge is -2.10. The van der Waals surface area contributed by atoms with Gasteiger partial charge in [-0.15, -0.1) is 46.4 Å². The van der Waals surface area contributed by atoms with E-state index in [1.807, 2.05) is 30.3 Å². The molecule has 1 aromatic carbocycles. The van der Waals surface area contributed by atoms with Crippen LogP contribution in [0.15, 0.2) is 130 Å². The molecule has 0 radical (unpaired) electrons. The van der Waals surface area contributed by atoms with Crippen LogP contribution in [0.1, 0.15) is 101 Å². The number of furan rings is 1. The van der Waals surface area contributed by atoms with Crippen LogP contribution in [0.25, 0.3) is 0 Å². The molecule has 0 spiro atoms. The molecule has 3 unspecified atom stereocenters. The number of hydrogen-bond acceptors (Lipinski definition) is 7. The summed E-state index contributed by atoms with van der Waals surface area (Å²) in [4.78, 5) is 35.0. The van der Waals surface area contributed by atoms with Gasteiger partial charge in [0.2, 0.25) is 0 Å². The summed E-state index contributed by atoms with van der Waals surface area (Å²) in [6.07, 6.45) is 14.9. The van der Waals surface area contributed by atoms with Crippen LogP contribution in [0, 0.1) is 0 Å². The quantitative estimate of drug-likeness (QED) is 0.0440. The number of carbonyl (C=O) groups excluding carboxylic acids is 3. The van der Waals surface area contributed by atoms with Gasteiger partial charge in [-0.05, 0) is 211 Å². The molecule has 2 rings (SSSR count). The van der Waals surface area contributed by atoms with Crippen LogP contribution in [0.2, 0.25) is 0 Å². The first kappa shape index (κ1) is 60.6. The average Bonchev–Trinajstić information content (AvgIpc) is 3.73.